The lowest BCUT2D eigenvalue weighted by Crippen LogP contribution is -2.57. The molecule has 3 aromatic carbocycles. The van der Waals surface area contributed by atoms with E-state index in [0.29, 0.717) is 53.4 Å². The predicted octanol–water partition coefficient (Wildman–Crippen LogP) is 3.13. The first-order valence-corrected chi connectivity index (χ1v) is 15.2. The third kappa shape index (κ3) is 7.87. The Morgan fingerprint density at radius 3 is 2.79 bits per heavy atom. The molecule has 1 saturated heterocycles. The molecule has 1 fully saturated rings. The zero-order chi connectivity index (χ0) is 32.9. The van der Waals surface area contributed by atoms with E-state index in [0.717, 1.165) is 5.56 Å². The second kappa shape index (κ2) is 13.9. The molecule has 2 atom stereocenters. The number of carbonyl (C=O) groups is 3. The average molecular weight is 643 g/mol. The highest BCUT2D eigenvalue weighted by atomic mass is 19.1. The number of hydrogen-bond acceptors (Lipinski definition) is 8. The number of fused-ring (bicyclic) bond motifs is 8. The fourth-order valence-electron chi connectivity index (χ4n) is 5.76. The maximum Gasteiger partial charge on any atom is 0.258 e. The Hall–Kier alpha value is -5.43. The van der Waals surface area contributed by atoms with Gasteiger partial charge in [0.25, 0.3) is 11.8 Å². The van der Waals surface area contributed by atoms with Crippen molar-refractivity contribution in [3.63, 3.8) is 0 Å². The number of ether oxygens (including phenoxy) is 3. The third-order valence-electron chi connectivity index (χ3n) is 7.99. The van der Waals surface area contributed by atoms with Crippen LogP contribution in [0.15, 0.2) is 73.1 Å². The highest BCUT2D eigenvalue weighted by molar-refractivity contribution is 5.96. The zero-order valence-corrected chi connectivity index (χ0v) is 26.0. The average Bonchev–Trinajstić information content (AvgIpc) is 3.46. The Bertz CT molecular complexity index is 1790. The Morgan fingerprint density at radius 1 is 1.11 bits per heavy atom. The number of hydrogen-bond donors (Lipinski definition) is 3. The van der Waals surface area contributed by atoms with Crippen molar-refractivity contribution in [2.45, 2.75) is 25.1 Å². The minimum atomic E-state index is -0.557. The molecule has 2 aliphatic heterocycles. The standard InChI is InChI=1S/C34H35FN6O6/c1-40-17-25(16-37-40)38-32(42)19-41-9-8-31-29(18-41)39-34(44)23-6-7-30(45-2)28(13-23)22-4-3-5-26(12-22)46-20-33(43)36-15-21-10-24(35)14-27(11-21)47-31/h3-7,10-14,16-17,29,31H,8-9,15,18-20H2,1-2H3,(H,36,43)(H,38,42)(H,39,44)/t29-,31-/m1/s1. The van der Waals surface area contributed by atoms with Gasteiger partial charge >= 0.3 is 0 Å². The van der Waals surface area contributed by atoms with Gasteiger partial charge in [-0.25, -0.2) is 4.39 Å². The summed E-state index contributed by atoms with van der Waals surface area (Å²) in [5, 5.41) is 12.8. The Balaban J connectivity index is 1.30. The molecule has 3 heterocycles. The van der Waals surface area contributed by atoms with Crippen LogP contribution in [0, 0.1) is 5.82 Å². The van der Waals surface area contributed by atoms with Crippen LogP contribution in [0.25, 0.3) is 11.1 Å². The van der Waals surface area contributed by atoms with E-state index in [-0.39, 0.29) is 43.2 Å². The lowest BCUT2D eigenvalue weighted by Gasteiger charge is -2.38. The summed E-state index contributed by atoms with van der Waals surface area (Å²) in [6.07, 6.45) is 3.18. The number of rotatable bonds is 4. The van der Waals surface area contributed by atoms with E-state index in [1.165, 1.54) is 12.1 Å². The first-order chi connectivity index (χ1) is 22.7. The van der Waals surface area contributed by atoms with Crippen LogP contribution >= 0.6 is 0 Å². The zero-order valence-electron chi connectivity index (χ0n) is 26.0. The van der Waals surface area contributed by atoms with Crippen LogP contribution in [0.4, 0.5) is 10.1 Å². The van der Waals surface area contributed by atoms with E-state index in [9.17, 15) is 18.8 Å². The summed E-state index contributed by atoms with van der Waals surface area (Å²) in [7, 11) is 3.31. The van der Waals surface area contributed by atoms with Crippen molar-refractivity contribution in [1.29, 1.82) is 0 Å². The van der Waals surface area contributed by atoms with Crippen molar-refractivity contribution >= 4 is 23.4 Å². The van der Waals surface area contributed by atoms with Crippen molar-refractivity contribution in [3.8, 4) is 28.4 Å². The number of methoxy groups -OCH3 is 1. The van der Waals surface area contributed by atoms with Crippen LogP contribution in [-0.4, -0.2) is 77.9 Å². The van der Waals surface area contributed by atoms with Gasteiger partial charge in [-0.05, 0) is 60.0 Å². The van der Waals surface area contributed by atoms with Gasteiger partial charge in [0, 0.05) is 50.1 Å². The van der Waals surface area contributed by atoms with Gasteiger partial charge < -0.3 is 30.2 Å². The minimum Gasteiger partial charge on any atom is -0.496 e. The van der Waals surface area contributed by atoms with Gasteiger partial charge in [0.05, 0.1) is 31.6 Å². The molecule has 13 heteroatoms. The minimum absolute atomic E-state index is 0.0596. The van der Waals surface area contributed by atoms with Crippen molar-refractivity contribution < 1.29 is 33.0 Å². The molecule has 2 aliphatic rings. The van der Waals surface area contributed by atoms with Gasteiger partial charge in [-0.3, -0.25) is 24.0 Å². The van der Waals surface area contributed by atoms with Crippen LogP contribution < -0.4 is 30.2 Å². The van der Waals surface area contributed by atoms with E-state index in [2.05, 4.69) is 21.0 Å². The Morgan fingerprint density at radius 2 is 1.98 bits per heavy atom. The van der Waals surface area contributed by atoms with E-state index in [4.69, 9.17) is 14.2 Å². The number of piperidine rings is 1. The van der Waals surface area contributed by atoms with Gasteiger partial charge in [-0.2, -0.15) is 5.10 Å². The summed E-state index contributed by atoms with van der Waals surface area (Å²) in [5.74, 6) is -0.217. The summed E-state index contributed by atoms with van der Waals surface area (Å²) in [4.78, 5) is 41.2. The van der Waals surface area contributed by atoms with E-state index < -0.39 is 18.0 Å². The second-order valence-corrected chi connectivity index (χ2v) is 11.5. The highest BCUT2D eigenvalue weighted by Crippen LogP contribution is 2.33. The largest absolute Gasteiger partial charge is 0.496 e. The number of anilines is 1. The number of carbonyl (C=O) groups excluding carboxylic acids is 3. The Kier molecular flexibility index (Phi) is 9.34. The molecule has 1 aromatic heterocycles. The fraction of sp³-hybridized carbons (Fsp3) is 0.294. The molecule has 0 spiro atoms. The summed E-state index contributed by atoms with van der Waals surface area (Å²) in [5.41, 5.74) is 2.85. The first kappa shape index (κ1) is 31.5. The number of nitrogens with zero attached hydrogens (tertiary/aromatic N) is 3. The fourth-order valence-corrected chi connectivity index (χ4v) is 5.76. The van der Waals surface area contributed by atoms with Crippen LogP contribution in [-0.2, 0) is 23.2 Å². The SMILES string of the molecule is COc1ccc2cc1-c1cccc(c1)OCC(=O)NCc1cc(F)cc(c1)O[C@@H]1CCN(CC(=O)Nc3cnn(C)c3)C[C@H]1NC2=O. The molecular weight excluding hydrogens is 607 g/mol. The van der Waals surface area contributed by atoms with Gasteiger partial charge in [0.2, 0.25) is 5.91 Å². The van der Waals surface area contributed by atoms with Gasteiger partial charge in [0.1, 0.15) is 29.2 Å². The normalized spacial score (nSPS) is 18.5. The van der Waals surface area contributed by atoms with E-state index in [1.54, 1.807) is 73.7 Å². The summed E-state index contributed by atoms with van der Waals surface area (Å²) in [6.45, 7) is 0.700. The molecule has 3 amide bonds. The summed E-state index contributed by atoms with van der Waals surface area (Å²) in [6, 6.07) is 15.9. The molecule has 47 heavy (non-hydrogen) atoms. The summed E-state index contributed by atoms with van der Waals surface area (Å²) >= 11 is 0. The number of halogens is 1. The predicted molar refractivity (Wildman–Crippen MR) is 171 cm³/mol. The molecule has 0 unspecified atom stereocenters. The maximum absolute atomic E-state index is 14.7. The van der Waals surface area contributed by atoms with Crippen LogP contribution in [0.3, 0.4) is 0 Å². The van der Waals surface area contributed by atoms with Crippen molar-refractivity contribution in [2.75, 3.05) is 38.7 Å². The number of aryl methyl sites for hydroxylation is 1. The molecule has 244 valence electrons. The topological polar surface area (TPSA) is 136 Å². The highest BCUT2D eigenvalue weighted by Gasteiger charge is 2.33. The summed E-state index contributed by atoms with van der Waals surface area (Å²) < 4.78 is 33.9. The van der Waals surface area contributed by atoms with Crippen molar-refractivity contribution in [2.24, 2.45) is 7.05 Å². The van der Waals surface area contributed by atoms with Crippen LogP contribution in [0.2, 0.25) is 0 Å². The number of amides is 3. The van der Waals surface area contributed by atoms with Crippen LogP contribution in [0.1, 0.15) is 22.3 Å². The molecule has 0 radical (unpaired) electrons. The molecule has 3 N–H and O–H groups in total. The molecule has 4 aromatic rings. The molecular formula is C34H35FN6O6. The van der Waals surface area contributed by atoms with Gasteiger partial charge in [-0.1, -0.05) is 12.1 Å². The lowest BCUT2D eigenvalue weighted by atomic mass is 9.99. The quantitative estimate of drug-likeness (QED) is 0.309. The van der Waals surface area contributed by atoms with Crippen molar-refractivity contribution in [3.05, 3.63) is 90.0 Å². The monoisotopic (exact) mass is 642 g/mol. The number of benzene rings is 3. The molecule has 12 nitrogen and oxygen atoms in total. The second-order valence-electron chi connectivity index (χ2n) is 11.5. The third-order valence-corrected chi connectivity index (χ3v) is 7.99. The number of likely N-dealkylation sites (tertiary alicyclic amines) is 1. The number of nitrogens with one attached hydrogen (secondary N) is 3. The van der Waals surface area contributed by atoms with Gasteiger partial charge in [-0.15, -0.1) is 0 Å². The molecule has 0 saturated carbocycles. The molecule has 0 aliphatic carbocycles. The van der Waals surface area contributed by atoms with E-state index >= 15 is 0 Å². The first-order valence-electron chi connectivity index (χ1n) is 15.2. The van der Waals surface area contributed by atoms with Gasteiger partial charge in [0.15, 0.2) is 6.61 Å². The van der Waals surface area contributed by atoms with Crippen molar-refractivity contribution in [1.82, 2.24) is 25.3 Å². The van der Waals surface area contributed by atoms with Crippen LogP contribution in [0.5, 0.6) is 17.2 Å². The maximum atomic E-state index is 14.7. The molecule has 6 rings (SSSR count). The smallest absolute Gasteiger partial charge is 0.258 e. The Labute approximate surface area is 270 Å². The molecule has 6 bridgehead atoms. The number of aromatic nitrogens is 2. The lowest BCUT2D eigenvalue weighted by molar-refractivity contribution is -0.123. The van der Waals surface area contributed by atoms with E-state index in [1.807, 2.05) is 11.0 Å².